The zero-order valence-corrected chi connectivity index (χ0v) is 16.7. The summed E-state index contributed by atoms with van der Waals surface area (Å²) in [7, 11) is 1.33. The van der Waals surface area contributed by atoms with Gasteiger partial charge in [0.2, 0.25) is 0 Å². The fourth-order valence-corrected chi connectivity index (χ4v) is 3.03. The second kappa shape index (κ2) is 9.43. The molecule has 7 heteroatoms. The molecule has 0 aliphatic heterocycles. The van der Waals surface area contributed by atoms with Crippen molar-refractivity contribution in [1.82, 2.24) is 4.57 Å². The van der Waals surface area contributed by atoms with Gasteiger partial charge in [0, 0.05) is 28.4 Å². The number of fused-ring (bicyclic) bond motifs is 1. The molecule has 30 heavy (non-hydrogen) atoms. The molecule has 3 rings (SSSR count). The van der Waals surface area contributed by atoms with Crippen LogP contribution in [0.25, 0.3) is 17.0 Å². The Morgan fingerprint density at radius 2 is 1.90 bits per heavy atom. The molecule has 0 bridgehead atoms. The number of benzene rings is 2. The van der Waals surface area contributed by atoms with Gasteiger partial charge in [0.25, 0.3) is 5.91 Å². The minimum atomic E-state index is -0.522. The number of aromatic nitrogens is 1. The molecule has 0 saturated carbocycles. The van der Waals surface area contributed by atoms with Crippen LogP contribution >= 0.6 is 0 Å². The summed E-state index contributed by atoms with van der Waals surface area (Å²) in [6, 6.07) is 16.3. The van der Waals surface area contributed by atoms with Crippen LogP contribution in [0, 0.1) is 11.3 Å². The summed E-state index contributed by atoms with van der Waals surface area (Å²) in [4.78, 5) is 24.3. The molecule has 152 valence electrons. The molecule has 1 aromatic heterocycles. The van der Waals surface area contributed by atoms with Gasteiger partial charge in [0.05, 0.1) is 13.7 Å². The number of para-hydroxylation sites is 1. The van der Waals surface area contributed by atoms with Crippen LogP contribution in [-0.4, -0.2) is 30.2 Å². The molecule has 1 amide bonds. The quantitative estimate of drug-likeness (QED) is 0.368. The van der Waals surface area contributed by atoms with Crippen LogP contribution < -0.4 is 10.1 Å². The second-order valence-electron chi connectivity index (χ2n) is 6.39. The lowest BCUT2D eigenvalue weighted by Crippen LogP contribution is -2.13. The zero-order valence-electron chi connectivity index (χ0n) is 16.7. The summed E-state index contributed by atoms with van der Waals surface area (Å²) in [5, 5.41) is 13.1. The molecular formula is C23H21N3O4. The van der Waals surface area contributed by atoms with Crippen molar-refractivity contribution in [3.8, 4) is 11.8 Å². The van der Waals surface area contributed by atoms with Crippen LogP contribution in [0.2, 0.25) is 0 Å². The van der Waals surface area contributed by atoms with Gasteiger partial charge in [-0.1, -0.05) is 18.2 Å². The molecule has 3 aromatic rings. The number of carbonyl (C=O) groups is 2. The number of ether oxygens (including phenoxy) is 2. The number of nitrogens with one attached hydrogen (secondary N) is 1. The Bertz CT molecular complexity index is 1140. The van der Waals surface area contributed by atoms with Crippen LogP contribution in [0.15, 0.2) is 60.3 Å². The Morgan fingerprint density at radius 1 is 1.17 bits per heavy atom. The molecular weight excluding hydrogens is 382 g/mol. The monoisotopic (exact) mass is 403 g/mol. The zero-order chi connectivity index (χ0) is 21.5. The van der Waals surface area contributed by atoms with E-state index in [1.54, 1.807) is 35.0 Å². The molecule has 0 aliphatic carbocycles. The number of hydrogen-bond acceptors (Lipinski definition) is 5. The first-order valence-corrected chi connectivity index (χ1v) is 9.36. The highest BCUT2D eigenvalue weighted by molar-refractivity contribution is 6.10. The smallest absolute Gasteiger partial charge is 0.325 e. The van der Waals surface area contributed by atoms with Crippen LogP contribution in [0.1, 0.15) is 12.5 Å². The van der Waals surface area contributed by atoms with E-state index in [0.717, 1.165) is 10.9 Å². The van der Waals surface area contributed by atoms with Crippen molar-refractivity contribution < 1.29 is 19.1 Å². The lowest BCUT2D eigenvalue weighted by molar-refractivity contribution is -0.141. The lowest BCUT2D eigenvalue weighted by atomic mass is 10.1. The van der Waals surface area contributed by atoms with Crippen molar-refractivity contribution in [2.24, 2.45) is 0 Å². The van der Waals surface area contributed by atoms with Crippen LogP contribution in [0.3, 0.4) is 0 Å². The first kappa shape index (κ1) is 20.7. The van der Waals surface area contributed by atoms with Crippen molar-refractivity contribution in [1.29, 1.82) is 5.26 Å². The van der Waals surface area contributed by atoms with Gasteiger partial charge >= 0.3 is 5.97 Å². The Hall–Kier alpha value is -4.05. The summed E-state index contributed by atoms with van der Waals surface area (Å²) >= 11 is 0. The van der Waals surface area contributed by atoms with Crippen molar-refractivity contribution >= 4 is 34.5 Å². The Kier molecular flexibility index (Phi) is 6.50. The number of anilines is 1. The highest BCUT2D eigenvalue weighted by Crippen LogP contribution is 2.24. The van der Waals surface area contributed by atoms with Crippen molar-refractivity contribution in [3.63, 3.8) is 0 Å². The maximum Gasteiger partial charge on any atom is 0.325 e. The number of amides is 1. The highest BCUT2D eigenvalue weighted by Gasteiger charge is 2.14. The molecule has 2 aromatic carbocycles. The number of hydrogen-bond donors (Lipinski definition) is 1. The van der Waals surface area contributed by atoms with E-state index in [0.29, 0.717) is 23.6 Å². The predicted octanol–water partition coefficient (Wildman–Crippen LogP) is 3.76. The van der Waals surface area contributed by atoms with Gasteiger partial charge < -0.3 is 19.4 Å². The maximum atomic E-state index is 12.6. The molecule has 1 heterocycles. The number of esters is 1. The number of carbonyl (C=O) groups excluding carboxylic acids is 2. The van der Waals surface area contributed by atoms with Gasteiger partial charge in [-0.15, -0.1) is 0 Å². The molecule has 7 nitrogen and oxygen atoms in total. The number of rotatable bonds is 7. The average molecular weight is 403 g/mol. The lowest BCUT2D eigenvalue weighted by Gasteiger charge is -2.06. The number of nitriles is 1. The number of methoxy groups -OCH3 is 1. The third-order valence-corrected chi connectivity index (χ3v) is 4.43. The highest BCUT2D eigenvalue weighted by atomic mass is 16.5. The molecule has 0 radical (unpaired) electrons. The van der Waals surface area contributed by atoms with Crippen LogP contribution in [0.4, 0.5) is 5.69 Å². The largest absolute Gasteiger partial charge is 0.494 e. The molecule has 0 saturated heterocycles. The van der Waals surface area contributed by atoms with E-state index >= 15 is 0 Å². The summed E-state index contributed by atoms with van der Waals surface area (Å²) in [5.74, 6) is -0.212. The summed E-state index contributed by atoms with van der Waals surface area (Å²) in [6.45, 7) is 2.48. The van der Waals surface area contributed by atoms with Gasteiger partial charge in [-0.25, -0.2) is 0 Å². The van der Waals surface area contributed by atoms with E-state index in [-0.39, 0.29) is 18.1 Å². The average Bonchev–Trinajstić information content (AvgIpc) is 3.10. The van der Waals surface area contributed by atoms with Gasteiger partial charge in [0.1, 0.15) is 23.9 Å². The normalized spacial score (nSPS) is 11.0. The first-order valence-electron chi connectivity index (χ1n) is 9.36. The minimum absolute atomic E-state index is 0.0329. The standard InChI is InChI=1S/C23H21N3O4/c1-3-30-19-10-8-18(9-11-19)25-23(28)16(13-24)12-17-14-26(15-22(27)29-2)21-7-5-4-6-20(17)21/h4-12,14H,3,15H2,1-2H3,(H,25,28). The number of nitrogens with zero attached hydrogens (tertiary/aromatic N) is 2. The molecule has 0 aliphatic rings. The summed E-state index contributed by atoms with van der Waals surface area (Å²) < 4.78 is 11.9. The van der Waals surface area contributed by atoms with Gasteiger partial charge in [-0.2, -0.15) is 5.26 Å². The van der Waals surface area contributed by atoms with Crippen molar-refractivity contribution in [2.75, 3.05) is 19.0 Å². The van der Waals surface area contributed by atoms with E-state index in [2.05, 4.69) is 5.32 Å². The Balaban J connectivity index is 1.88. The fraction of sp³-hybridized carbons (Fsp3) is 0.174. The molecule has 1 N–H and O–H groups in total. The predicted molar refractivity (Wildman–Crippen MR) is 114 cm³/mol. The third-order valence-electron chi connectivity index (χ3n) is 4.43. The van der Waals surface area contributed by atoms with E-state index in [9.17, 15) is 14.9 Å². The van der Waals surface area contributed by atoms with Gasteiger partial charge in [-0.3, -0.25) is 9.59 Å². The van der Waals surface area contributed by atoms with E-state index in [1.807, 2.05) is 37.3 Å². The molecule has 0 unspecified atom stereocenters. The van der Waals surface area contributed by atoms with Crippen molar-refractivity contribution in [2.45, 2.75) is 13.5 Å². The minimum Gasteiger partial charge on any atom is -0.494 e. The topological polar surface area (TPSA) is 93.4 Å². The Labute approximate surface area is 174 Å². The summed E-state index contributed by atoms with van der Waals surface area (Å²) in [6.07, 6.45) is 3.24. The third kappa shape index (κ3) is 4.67. The fourth-order valence-electron chi connectivity index (χ4n) is 3.03. The van der Waals surface area contributed by atoms with Crippen LogP contribution in [-0.2, 0) is 20.9 Å². The molecule has 0 spiro atoms. The van der Waals surface area contributed by atoms with Gasteiger partial charge in [0.15, 0.2) is 0 Å². The molecule has 0 fully saturated rings. The van der Waals surface area contributed by atoms with Crippen molar-refractivity contribution in [3.05, 3.63) is 65.9 Å². The SMILES string of the molecule is CCOc1ccc(NC(=O)C(C#N)=Cc2cn(CC(=O)OC)c3ccccc23)cc1. The maximum absolute atomic E-state index is 12.6. The van der Waals surface area contributed by atoms with Crippen LogP contribution in [0.5, 0.6) is 5.75 Å². The van der Waals surface area contributed by atoms with Gasteiger partial charge in [-0.05, 0) is 43.3 Å². The van der Waals surface area contributed by atoms with E-state index in [4.69, 9.17) is 9.47 Å². The van der Waals surface area contributed by atoms with E-state index < -0.39 is 5.91 Å². The molecule has 0 atom stereocenters. The Morgan fingerprint density at radius 3 is 2.57 bits per heavy atom. The summed E-state index contributed by atoms with van der Waals surface area (Å²) in [5.41, 5.74) is 1.97. The van der Waals surface area contributed by atoms with E-state index in [1.165, 1.54) is 13.2 Å². The second-order valence-corrected chi connectivity index (χ2v) is 6.39. The first-order chi connectivity index (χ1) is 14.5.